The van der Waals surface area contributed by atoms with Gasteiger partial charge in [-0.2, -0.15) is 4.98 Å². The van der Waals surface area contributed by atoms with Gasteiger partial charge in [-0.05, 0) is 68.3 Å². The van der Waals surface area contributed by atoms with Crippen molar-refractivity contribution in [3.05, 3.63) is 100 Å². The van der Waals surface area contributed by atoms with Crippen LogP contribution in [-0.4, -0.2) is 39.9 Å². The molecule has 5 rings (SSSR count). The zero-order valence-electron chi connectivity index (χ0n) is 21.6. The molecule has 39 heavy (non-hydrogen) atoms. The molecule has 2 atom stereocenters. The van der Waals surface area contributed by atoms with Crippen LogP contribution >= 0.6 is 15.9 Å². The molecule has 0 radical (unpaired) electrons. The largest absolute Gasteiger partial charge is 0.345 e. The minimum atomic E-state index is -0.231. The third-order valence-electron chi connectivity index (χ3n) is 6.88. The van der Waals surface area contributed by atoms with E-state index >= 15 is 0 Å². The molecule has 0 bridgehead atoms. The van der Waals surface area contributed by atoms with Gasteiger partial charge in [-0.1, -0.05) is 63.6 Å². The molecule has 2 heterocycles. The molecule has 2 unspecified atom stereocenters. The Morgan fingerprint density at radius 1 is 1.05 bits per heavy atom. The van der Waals surface area contributed by atoms with Crippen molar-refractivity contribution in [3.63, 3.8) is 0 Å². The zero-order valence-corrected chi connectivity index (χ0v) is 23.2. The van der Waals surface area contributed by atoms with Crippen molar-refractivity contribution in [2.45, 2.75) is 32.4 Å². The average molecular weight is 589 g/mol. The summed E-state index contributed by atoms with van der Waals surface area (Å²) in [6.07, 6.45) is 1.65. The number of hydrogen-bond donors (Lipinski definition) is 2. The highest BCUT2D eigenvalue weighted by molar-refractivity contribution is 9.10. The second-order valence-corrected chi connectivity index (χ2v) is 10.6. The van der Waals surface area contributed by atoms with Crippen molar-refractivity contribution < 1.29 is 14.1 Å². The minimum Gasteiger partial charge on any atom is -0.345 e. The summed E-state index contributed by atoms with van der Waals surface area (Å²) in [6.45, 7) is 3.83. The van der Waals surface area contributed by atoms with Crippen LogP contribution in [0.1, 0.15) is 47.6 Å². The van der Waals surface area contributed by atoms with Crippen molar-refractivity contribution in [1.29, 1.82) is 0 Å². The number of halogens is 1. The molecule has 1 saturated heterocycles. The molecule has 1 fully saturated rings. The number of nitrogens with one attached hydrogen (secondary N) is 2. The summed E-state index contributed by atoms with van der Waals surface area (Å²) in [4.78, 5) is 33.1. The summed E-state index contributed by atoms with van der Waals surface area (Å²) >= 11 is 3.43. The number of anilines is 1. The zero-order chi connectivity index (χ0) is 27.2. The van der Waals surface area contributed by atoms with E-state index in [0.29, 0.717) is 36.1 Å². The maximum absolute atomic E-state index is 13.3. The molecule has 2 amide bonds. The van der Waals surface area contributed by atoms with Gasteiger partial charge in [0.1, 0.15) is 0 Å². The van der Waals surface area contributed by atoms with Crippen molar-refractivity contribution in [2.75, 3.05) is 18.4 Å². The summed E-state index contributed by atoms with van der Waals surface area (Å²) in [5.41, 5.74) is 2.84. The first-order valence-corrected chi connectivity index (χ1v) is 13.8. The van der Waals surface area contributed by atoms with Gasteiger partial charge in [0.15, 0.2) is 0 Å². The molecule has 0 spiro atoms. The second-order valence-electron chi connectivity index (χ2n) is 9.73. The first-order chi connectivity index (χ1) is 19.0. The molecule has 2 N–H and O–H groups in total. The normalized spacial score (nSPS) is 16.4. The molecule has 1 aliphatic heterocycles. The number of piperidine rings is 1. The number of nitrogens with zero attached hydrogens (tertiary/aromatic N) is 3. The molecular weight excluding hydrogens is 558 g/mol. The fourth-order valence-corrected chi connectivity index (χ4v) is 5.03. The van der Waals surface area contributed by atoms with Crippen LogP contribution in [0.5, 0.6) is 0 Å². The smallest absolute Gasteiger partial charge is 0.253 e. The lowest BCUT2D eigenvalue weighted by Gasteiger charge is -2.31. The number of likely N-dealkylation sites (tertiary alicyclic amines) is 1. The molecule has 9 heteroatoms. The third-order valence-corrected chi connectivity index (χ3v) is 7.41. The van der Waals surface area contributed by atoms with Crippen LogP contribution in [0.2, 0.25) is 0 Å². The van der Waals surface area contributed by atoms with E-state index in [9.17, 15) is 9.59 Å². The van der Waals surface area contributed by atoms with Crippen LogP contribution in [0.15, 0.2) is 87.9 Å². The Kier molecular flexibility index (Phi) is 8.48. The van der Waals surface area contributed by atoms with Crippen molar-refractivity contribution >= 4 is 33.4 Å². The maximum atomic E-state index is 13.3. The van der Waals surface area contributed by atoms with Crippen LogP contribution in [0.25, 0.3) is 11.4 Å². The SMILES string of the molecule is CC(NC(=O)c1ccccc1NC(=O)C1CCCN(Cc2nc(-c3ccc(Br)cc3)no2)C1)c1ccccc1. The number of benzene rings is 3. The second kappa shape index (κ2) is 12.4. The topological polar surface area (TPSA) is 100 Å². The van der Waals surface area contributed by atoms with Crippen LogP contribution in [0.3, 0.4) is 0 Å². The van der Waals surface area contributed by atoms with Gasteiger partial charge in [0, 0.05) is 16.6 Å². The van der Waals surface area contributed by atoms with Gasteiger partial charge in [0.2, 0.25) is 17.6 Å². The van der Waals surface area contributed by atoms with Crippen LogP contribution in [0, 0.1) is 5.92 Å². The van der Waals surface area contributed by atoms with E-state index in [1.807, 2.05) is 67.6 Å². The van der Waals surface area contributed by atoms with Gasteiger partial charge in [-0.15, -0.1) is 0 Å². The molecular formula is C30H30BrN5O3. The molecule has 1 aromatic heterocycles. The Labute approximate surface area is 235 Å². The van der Waals surface area contributed by atoms with Gasteiger partial charge in [0.05, 0.1) is 29.8 Å². The predicted octanol–water partition coefficient (Wildman–Crippen LogP) is 5.84. The fourth-order valence-electron chi connectivity index (χ4n) is 4.76. The Morgan fingerprint density at radius 3 is 2.59 bits per heavy atom. The number of amides is 2. The van der Waals surface area contributed by atoms with Crippen LogP contribution in [-0.2, 0) is 11.3 Å². The highest BCUT2D eigenvalue weighted by atomic mass is 79.9. The van der Waals surface area contributed by atoms with E-state index in [-0.39, 0.29) is 23.8 Å². The van der Waals surface area contributed by atoms with Gasteiger partial charge in [-0.25, -0.2) is 0 Å². The Bertz CT molecular complexity index is 1420. The first kappa shape index (κ1) is 26.8. The Balaban J connectivity index is 1.20. The summed E-state index contributed by atoms with van der Waals surface area (Å²) in [6, 6.07) is 24.5. The highest BCUT2D eigenvalue weighted by Gasteiger charge is 2.28. The fraction of sp³-hybridized carbons (Fsp3) is 0.267. The maximum Gasteiger partial charge on any atom is 0.253 e. The van der Waals surface area contributed by atoms with Crippen LogP contribution < -0.4 is 10.6 Å². The van der Waals surface area contributed by atoms with E-state index in [4.69, 9.17) is 4.52 Å². The van der Waals surface area contributed by atoms with Crippen molar-refractivity contribution in [2.24, 2.45) is 5.92 Å². The minimum absolute atomic E-state index is 0.0999. The Hall–Kier alpha value is -3.82. The lowest BCUT2D eigenvalue weighted by atomic mass is 9.96. The molecule has 3 aromatic carbocycles. The lowest BCUT2D eigenvalue weighted by Crippen LogP contribution is -2.40. The number of carbonyl (C=O) groups is 2. The third kappa shape index (κ3) is 6.79. The van der Waals surface area contributed by atoms with Gasteiger partial charge < -0.3 is 15.2 Å². The summed E-state index contributed by atoms with van der Waals surface area (Å²) in [5, 5.41) is 10.2. The molecule has 8 nitrogen and oxygen atoms in total. The number of hydrogen-bond acceptors (Lipinski definition) is 6. The number of para-hydroxylation sites is 1. The van der Waals surface area contributed by atoms with Crippen molar-refractivity contribution in [3.8, 4) is 11.4 Å². The quantitative estimate of drug-likeness (QED) is 0.268. The molecule has 0 saturated carbocycles. The molecule has 1 aliphatic rings. The predicted molar refractivity (Wildman–Crippen MR) is 153 cm³/mol. The number of carbonyl (C=O) groups excluding carboxylic acids is 2. The summed E-state index contributed by atoms with van der Waals surface area (Å²) in [5.74, 6) is 0.512. The van der Waals surface area contributed by atoms with Crippen molar-refractivity contribution in [1.82, 2.24) is 20.4 Å². The lowest BCUT2D eigenvalue weighted by molar-refractivity contribution is -0.121. The van der Waals surface area contributed by atoms with Gasteiger partial charge in [0.25, 0.3) is 5.91 Å². The highest BCUT2D eigenvalue weighted by Crippen LogP contribution is 2.24. The summed E-state index contributed by atoms with van der Waals surface area (Å²) < 4.78 is 6.47. The van der Waals surface area contributed by atoms with E-state index in [1.165, 1.54) is 0 Å². The standard InChI is InChI=1S/C30H30BrN5O3/c1-20(21-8-3-2-4-9-21)32-30(38)25-11-5-6-12-26(25)33-29(37)23-10-7-17-36(18-23)19-27-34-28(35-39-27)22-13-15-24(31)16-14-22/h2-6,8-9,11-16,20,23H,7,10,17-19H2,1H3,(H,32,38)(H,33,37). The van der Waals surface area contributed by atoms with E-state index in [0.717, 1.165) is 35.0 Å². The molecule has 0 aliphatic carbocycles. The van der Waals surface area contributed by atoms with E-state index in [1.54, 1.807) is 18.2 Å². The van der Waals surface area contributed by atoms with E-state index < -0.39 is 0 Å². The van der Waals surface area contributed by atoms with Gasteiger partial charge >= 0.3 is 0 Å². The summed E-state index contributed by atoms with van der Waals surface area (Å²) in [7, 11) is 0. The first-order valence-electron chi connectivity index (χ1n) is 13.0. The van der Waals surface area contributed by atoms with E-state index in [2.05, 4.69) is 41.6 Å². The number of aromatic nitrogens is 2. The van der Waals surface area contributed by atoms with Gasteiger partial charge in [-0.3, -0.25) is 14.5 Å². The van der Waals surface area contributed by atoms with Crippen LogP contribution in [0.4, 0.5) is 5.69 Å². The molecule has 4 aromatic rings. The Morgan fingerprint density at radius 2 is 1.79 bits per heavy atom. The average Bonchev–Trinajstić information content (AvgIpc) is 3.42. The monoisotopic (exact) mass is 587 g/mol. The molecule has 200 valence electrons. The number of rotatable bonds is 8.